The first-order valence-corrected chi connectivity index (χ1v) is 8.10. The minimum Gasteiger partial charge on any atom is -0.759 e. The molecule has 110 valence electrons. The summed E-state index contributed by atoms with van der Waals surface area (Å²) in [5.41, 5.74) is 3.51. The van der Waals surface area contributed by atoms with Crippen LogP contribution in [0.4, 0.5) is 0 Å². The van der Waals surface area contributed by atoms with Crippen molar-refractivity contribution in [2.24, 2.45) is 0 Å². The maximum Gasteiger partial charge on any atom is 0.122 e. The van der Waals surface area contributed by atoms with Crippen LogP contribution in [0.1, 0.15) is 16.7 Å². The number of hydrogen-bond acceptors (Lipinski definition) is 0. The largest absolute Gasteiger partial charge is 0.759 e. The van der Waals surface area contributed by atoms with Crippen molar-refractivity contribution >= 4 is 27.2 Å². The van der Waals surface area contributed by atoms with E-state index in [2.05, 4.69) is 22.0 Å². The van der Waals surface area contributed by atoms with Crippen LogP contribution in [0, 0.1) is 6.08 Å². The van der Waals surface area contributed by atoms with Gasteiger partial charge >= 0.3 is 0 Å². The Kier molecular flexibility index (Phi) is 4.77. The topological polar surface area (TPSA) is 22.3 Å². The summed E-state index contributed by atoms with van der Waals surface area (Å²) in [5.74, 6) is 0. The zero-order chi connectivity index (χ0) is 16.1. The van der Waals surface area contributed by atoms with E-state index in [4.69, 9.17) is 0 Å². The van der Waals surface area contributed by atoms with Gasteiger partial charge in [-0.25, -0.2) is 0 Å². The van der Waals surface area contributed by atoms with Crippen LogP contribution in [0.5, 0.6) is 0 Å². The Morgan fingerprint density at radius 1 is 0.696 bits per heavy atom. The molecule has 0 aromatic heterocycles. The molecular weight excluding hydrogens is 346 g/mol. The van der Waals surface area contributed by atoms with E-state index in [-0.39, 0.29) is 5.71 Å². The van der Waals surface area contributed by atoms with Gasteiger partial charge in [0.2, 0.25) is 0 Å². The van der Waals surface area contributed by atoms with Crippen LogP contribution in [-0.4, -0.2) is 5.71 Å². The zero-order valence-electron chi connectivity index (χ0n) is 12.4. The fraction of sp³-hybridized carbons (Fsp3) is 0. The predicted octanol–water partition coefficient (Wildman–Crippen LogP) is 5.74. The highest BCUT2D eigenvalue weighted by Crippen LogP contribution is 2.22. The third-order valence-electron chi connectivity index (χ3n) is 3.46. The highest BCUT2D eigenvalue weighted by atomic mass is 79.9. The summed E-state index contributed by atoms with van der Waals surface area (Å²) >= 11 is 3.42. The fourth-order valence-corrected chi connectivity index (χ4v) is 2.56. The van der Waals surface area contributed by atoms with Gasteiger partial charge in [0.25, 0.3) is 0 Å². The lowest BCUT2D eigenvalue weighted by molar-refractivity contribution is 1.55. The van der Waals surface area contributed by atoms with Gasteiger partial charge < -0.3 is 5.41 Å². The monoisotopic (exact) mass is 359 g/mol. The molecule has 1 nitrogen and oxygen atoms in total. The number of hydrogen-bond donors (Lipinski definition) is 0. The second-order valence-corrected chi connectivity index (χ2v) is 6.00. The van der Waals surface area contributed by atoms with Gasteiger partial charge in [0.05, 0.1) is 5.56 Å². The minimum absolute atomic E-state index is 0.215. The smallest absolute Gasteiger partial charge is 0.122 e. The highest BCUT2D eigenvalue weighted by molar-refractivity contribution is 9.10. The summed E-state index contributed by atoms with van der Waals surface area (Å²) in [4.78, 5) is 0. The number of nitrogens with zero attached hydrogens (tertiary/aromatic N) is 1. The number of rotatable bonds is 4. The van der Waals surface area contributed by atoms with Gasteiger partial charge in [0.1, 0.15) is 11.1 Å². The van der Waals surface area contributed by atoms with E-state index < -0.39 is 0 Å². The zero-order valence-corrected chi connectivity index (χ0v) is 14.0. The highest BCUT2D eigenvalue weighted by Gasteiger charge is 2.12. The molecule has 0 saturated carbocycles. The first kappa shape index (κ1) is 15.4. The van der Waals surface area contributed by atoms with E-state index in [9.17, 15) is 5.41 Å². The van der Waals surface area contributed by atoms with Gasteiger partial charge in [-0.05, 0) is 60.2 Å². The van der Waals surface area contributed by atoms with E-state index >= 15 is 0 Å². The molecule has 0 radical (unpaired) electrons. The average Bonchev–Trinajstić information content (AvgIpc) is 2.61. The SMILES string of the molecule is [N-]=C(C(=[C+]c1ccccc1)c1ccccc1)c1ccc(Br)cc1. The third-order valence-corrected chi connectivity index (χ3v) is 3.99. The Hall–Kier alpha value is -2.54. The molecule has 0 bridgehead atoms. The molecule has 23 heavy (non-hydrogen) atoms. The molecule has 0 N–H and O–H groups in total. The molecule has 0 atom stereocenters. The van der Waals surface area contributed by atoms with Crippen molar-refractivity contribution < 1.29 is 0 Å². The number of allylic oxidation sites excluding steroid dienone is 1. The lowest BCUT2D eigenvalue weighted by Crippen LogP contribution is -2.03. The molecule has 3 aromatic carbocycles. The van der Waals surface area contributed by atoms with E-state index in [0.29, 0.717) is 5.57 Å². The average molecular weight is 360 g/mol. The second kappa shape index (κ2) is 7.15. The van der Waals surface area contributed by atoms with Gasteiger partial charge in [-0.1, -0.05) is 39.8 Å². The van der Waals surface area contributed by atoms with Gasteiger partial charge in [0, 0.05) is 22.7 Å². The van der Waals surface area contributed by atoms with Crippen LogP contribution in [-0.2, 0) is 0 Å². The first-order chi connectivity index (χ1) is 11.2. The van der Waals surface area contributed by atoms with Crippen molar-refractivity contribution in [1.82, 2.24) is 0 Å². The summed E-state index contributed by atoms with van der Waals surface area (Å²) < 4.78 is 0.978. The Morgan fingerprint density at radius 2 is 1.26 bits per heavy atom. The number of benzene rings is 3. The molecule has 3 aromatic rings. The van der Waals surface area contributed by atoms with Crippen molar-refractivity contribution in [2.45, 2.75) is 0 Å². The molecule has 0 aliphatic heterocycles. The minimum atomic E-state index is 0.215. The lowest BCUT2D eigenvalue weighted by atomic mass is 9.94. The van der Waals surface area contributed by atoms with Crippen molar-refractivity contribution in [3.8, 4) is 0 Å². The Bertz CT molecular complexity index is 819. The molecule has 3 rings (SSSR count). The summed E-state index contributed by atoms with van der Waals surface area (Å²) in [5, 5.41) is 10.8. The maximum absolute atomic E-state index is 10.8. The third kappa shape index (κ3) is 3.81. The van der Waals surface area contributed by atoms with Gasteiger partial charge in [-0.2, -0.15) is 0 Å². The summed E-state index contributed by atoms with van der Waals surface area (Å²) in [6.07, 6.45) is 3.33. The molecule has 0 unspecified atom stereocenters. The Morgan fingerprint density at radius 3 is 1.87 bits per heavy atom. The summed E-state index contributed by atoms with van der Waals surface area (Å²) in [7, 11) is 0. The molecule has 2 heteroatoms. The molecule has 0 amide bonds. The van der Waals surface area contributed by atoms with E-state index in [1.165, 1.54) is 0 Å². The molecule has 0 spiro atoms. The van der Waals surface area contributed by atoms with E-state index in [1.54, 1.807) is 0 Å². The molecule has 0 aliphatic rings. The first-order valence-electron chi connectivity index (χ1n) is 7.31. The number of halogens is 1. The quantitative estimate of drug-likeness (QED) is 0.322. The van der Waals surface area contributed by atoms with Gasteiger partial charge in [-0.15, -0.1) is 0 Å². The lowest BCUT2D eigenvalue weighted by Gasteiger charge is -2.11. The summed E-state index contributed by atoms with van der Waals surface area (Å²) in [6.45, 7) is 0. The molecule has 0 aliphatic carbocycles. The fourth-order valence-electron chi connectivity index (χ4n) is 2.29. The van der Waals surface area contributed by atoms with Gasteiger partial charge in [-0.3, -0.25) is 0 Å². The van der Waals surface area contributed by atoms with E-state index in [1.807, 2.05) is 84.9 Å². The van der Waals surface area contributed by atoms with Crippen LogP contribution in [0.2, 0.25) is 0 Å². The van der Waals surface area contributed by atoms with Gasteiger partial charge in [0.15, 0.2) is 0 Å². The second-order valence-electron chi connectivity index (χ2n) is 5.09. The van der Waals surface area contributed by atoms with Crippen molar-refractivity contribution in [1.29, 1.82) is 0 Å². The van der Waals surface area contributed by atoms with Crippen LogP contribution >= 0.6 is 15.9 Å². The normalized spacial score (nSPS) is 10.9. The van der Waals surface area contributed by atoms with Crippen LogP contribution in [0.3, 0.4) is 0 Å². The maximum atomic E-state index is 10.8. The Balaban J connectivity index is 2.07. The predicted molar refractivity (Wildman–Crippen MR) is 100 cm³/mol. The van der Waals surface area contributed by atoms with Crippen molar-refractivity contribution in [3.63, 3.8) is 0 Å². The van der Waals surface area contributed by atoms with Crippen LogP contribution in [0.15, 0.2) is 89.4 Å². The van der Waals surface area contributed by atoms with Crippen molar-refractivity contribution in [2.75, 3.05) is 0 Å². The van der Waals surface area contributed by atoms with Crippen LogP contribution < -0.4 is 0 Å². The van der Waals surface area contributed by atoms with Crippen LogP contribution in [0.25, 0.3) is 11.0 Å². The molecular formula is C21H14BrN. The summed E-state index contributed by atoms with van der Waals surface area (Å²) in [6, 6.07) is 27.2. The molecule has 0 fully saturated rings. The molecule has 0 saturated heterocycles. The molecule has 0 heterocycles. The Labute approximate surface area is 145 Å². The standard InChI is InChI=1S/C21H14BrN/c22-19-13-11-18(12-14-19)21(23)20(17-9-5-2-6-10-17)15-16-7-3-1-4-8-16/h1-14H. The van der Waals surface area contributed by atoms with E-state index in [0.717, 1.165) is 21.2 Å². The van der Waals surface area contributed by atoms with Crippen molar-refractivity contribution in [3.05, 3.63) is 118 Å².